The van der Waals surface area contributed by atoms with Gasteiger partial charge in [-0.05, 0) is 24.3 Å². The van der Waals surface area contributed by atoms with Crippen LogP contribution in [0.2, 0.25) is 5.02 Å². The smallest absolute Gasteiger partial charge is 0.271 e. The molecule has 0 atom stereocenters. The Bertz CT molecular complexity index is 1110. The minimum Gasteiger partial charge on any atom is -0.484 e. The Morgan fingerprint density at radius 1 is 1.17 bits per heavy atom. The number of amides is 2. The van der Waals surface area contributed by atoms with Crippen molar-refractivity contribution in [3.63, 3.8) is 0 Å². The van der Waals surface area contributed by atoms with E-state index in [1.165, 1.54) is 18.3 Å². The van der Waals surface area contributed by atoms with E-state index < -0.39 is 11.7 Å². The van der Waals surface area contributed by atoms with Crippen LogP contribution in [0, 0.1) is 5.82 Å². The summed E-state index contributed by atoms with van der Waals surface area (Å²) in [7, 11) is 0. The molecule has 0 aliphatic carbocycles. The molecule has 0 aliphatic rings. The number of carbonyl (C=O) groups is 2. The van der Waals surface area contributed by atoms with Gasteiger partial charge in [-0.15, -0.1) is 0 Å². The zero-order chi connectivity index (χ0) is 21.5. The van der Waals surface area contributed by atoms with Gasteiger partial charge in [-0.2, -0.15) is 0 Å². The maximum atomic E-state index is 13.3. The average molecular weight is 429 g/mol. The number of nitrogens with zero attached hydrogens (tertiary/aromatic N) is 2. The van der Waals surface area contributed by atoms with Gasteiger partial charge in [-0.3, -0.25) is 14.6 Å². The van der Waals surface area contributed by atoms with Crippen molar-refractivity contribution < 1.29 is 18.7 Å². The van der Waals surface area contributed by atoms with Gasteiger partial charge in [0.1, 0.15) is 17.3 Å². The molecule has 0 radical (unpaired) electrons. The lowest BCUT2D eigenvalue weighted by Crippen LogP contribution is -2.31. The summed E-state index contributed by atoms with van der Waals surface area (Å²) in [6.07, 6.45) is 1.72. The Morgan fingerprint density at radius 3 is 2.70 bits per heavy atom. The summed E-state index contributed by atoms with van der Waals surface area (Å²) >= 11 is 5.59. The predicted octanol–water partition coefficient (Wildman–Crippen LogP) is 3.25. The summed E-state index contributed by atoms with van der Waals surface area (Å²) < 4.78 is 18.6. The van der Waals surface area contributed by atoms with Crippen LogP contribution in [0.4, 0.5) is 4.39 Å². The van der Waals surface area contributed by atoms with Crippen molar-refractivity contribution >= 4 is 34.4 Å². The number of para-hydroxylation sites is 2. The van der Waals surface area contributed by atoms with Gasteiger partial charge in [-0.25, -0.2) is 9.37 Å². The van der Waals surface area contributed by atoms with Crippen LogP contribution in [-0.4, -0.2) is 34.9 Å². The van der Waals surface area contributed by atoms with Gasteiger partial charge in [0.2, 0.25) is 0 Å². The first-order valence-electron chi connectivity index (χ1n) is 8.98. The van der Waals surface area contributed by atoms with Crippen molar-refractivity contribution in [3.8, 4) is 5.75 Å². The van der Waals surface area contributed by atoms with Crippen molar-refractivity contribution in [1.29, 1.82) is 0 Å². The van der Waals surface area contributed by atoms with E-state index >= 15 is 0 Å². The Kier molecular flexibility index (Phi) is 6.92. The van der Waals surface area contributed by atoms with Gasteiger partial charge in [-0.1, -0.05) is 30.3 Å². The van der Waals surface area contributed by atoms with Crippen LogP contribution in [0.25, 0.3) is 11.0 Å². The molecule has 3 rings (SSSR count). The Labute approximate surface area is 176 Å². The molecule has 30 heavy (non-hydrogen) atoms. The lowest BCUT2D eigenvalue weighted by Gasteiger charge is -2.10. The van der Waals surface area contributed by atoms with Crippen molar-refractivity contribution in [3.05, 3.63) is 77.5 Å². The van der Waals surface area contributed by atoms with Gasteiger partial charge >= 0.3 is 0 Å². The molecule has 0 unspecified atom stereocenters. The molecule has 1 aromatic heterocycles. The second-order valence-corrected chi connectivity index (χ2v) is 6.67. The van der Waals surface area contributed by atoms with Gasteiger partial charge in [0.15, 0.2) is 6.61 Å². The first-order valence-corrected chi connectivity index (χ1v) is 9.35. The highest BCUT2D eigenvalue weighted by molar-refractivity contribution is 6.30. The number of aromatic nitrogens is 2. The van der Waals surface area contributed by atoms with Gasteiger partial charge in [0, 0.05) is 24.7 Å². The van der Waals surface area contributed by atoms with Crippen molar-refractivity contribution in [2.75, 3.05) is 13.2 Å². The summed E-state index contributed by atoms with van der Waals surface area (Å²) in [4.78, 5) is 32.6. The highest BCUT2D eigenvalue weighted by atomic mass is 35.5. The molecule has 0 aliphatic heterocycles. The molecule has 3 aromatic rings. The summed E-state index contributed by atoms with van der Waals surface area (Å²) in [6.45, 7) is 3.67. The summed E-state index contributed by atoms with van der Waals surface area (Å²) in [5.41, 5.74) is 1.93. The molecular formula is C21H18ClFN4O3. The topological polar surface area (TPSA) is 93.2 Å². The summed E-state index contributed by atoms with van der Waals surface area (Å²) in [5, 5.41) is 5.22. The van der Waals surface area contributed by atoms with Crippen LogP contribution in [-0.2, 0) is 4.79 Å². The first kappa shape index (κ1) is 21.2. The van der Waals surface area contributed by atoms with Crippen LogP contribution in [0.1, 0.15) is 16.9 Å². The summed E-state index contributed by atoms with van der Waals surface area (Å²) in [5.74, 6) is -1.28. The third-order valence-corrected chi connectivity index (χ3v) is 4.28. The molecule has 2 aromatic carbocycles. The first-order chi connectivity index (χ1) is 14.4. The maximum Gasteiger partial charge on any atom is 0.271 e. The van der Waals surface area contributed by atoms with Crippen LogP contribution in [0.15, 0.2) is 60.9 Å². The Morgan fingerprint density at radius 2 is 1.93 bits per heavy atom. The lowest BCUT2D eigenvalue weighted by atomic mass is 10.3. The second-order valence-electron chi connectivity index (χ2n) is 6.27. The van der Waals surface area contributed by atoms with E-state index in [1.807, 2.05) is 18.2 Å². The van der Waals surface area contributed by atoms with Crippen LogP contribution >= 0.6 is 11.6 Å². The number of halogens is 2. The van der Waals surface area contributed by atoms with E-state index in [9.17, 15) is 14.0 Å². The fourth-order valence-corrected chi connectivity index (χ4v) is 2.61. The van der Waals surface area contributed by atoms with E-state index in [4.69, 9.17) is 16.3 Å². The lowest BCUT2D eigenvalue weighted by molar-refractivity contribution is -0.122. The molecule has 7 nitrogen and oxygen atoms in total. The molecule has 0 bridgehead atoms. The van der Waals surface area contributed by atoms with Gasteiger partial charge < -0.3 is 15.4 Å². The Balaban J connectivity index is 1.40. The number of ether oxygens (including phenoxy) is 1. The highest BCUT2D eigenvalue weighted by Gasteiger charge is 2.10. The standard InChI is InChI=1S/C21H18ClFN4O3/c1-13(26-20(28)12-30-14-6-7-15(22)16(23)10-14)8-9-24-21(29)19-11-25-17-4-2-3-5-18(17)27-19/h2-7,10-11H,1,8-9,12H2,(H,24,29)(H,26,28). The molecular weight excluding hydrogens is 411 g/mol. The quantitative estimate of drug-likeness (QED) is 0.574. The zero-order valence-corrected chi connectivity index (χ0v) is 16.6. The van der Waals surface area contributed by atoms with Crippen LogP contribution < -0.4 is 15.4 Å². The van der Waals surface area contributed by atoms with E-state index in [1.54, 1.807) is 6.07 Å². The van der Waals surface area contributed by atoms with Crippen LogP contribution in [0.5, 0.6) is 5.75 Å². The molecule has 1 heterocycles. The fourth-order valence-electron chi connectivity index (χ4n) is 2.50. The van der Waals surface area contributed by atoms with Crippen molar-refractivity contribution in [2.45, 2.75) is 6.42 Å². The second kappa shape index (κ2) is 9.80. The molecule has 0 spiro atoms. The third kappa shape index (κ3) is 5.74. The predicted molar refractivity (Wildman–Crippen MR) is 111 cm³/mol. The minimum atomic E-state index is -0.633. The van der Waals surface area contributed by atoms with E-state index in [0.717, 1.165) is 6.07 Å². The van der Waals surface area contributed by atoms with E-state index in [0.29, 0.717) is 23.2 Å². The monoisotopic (exact) mass is 428 g/mol. The number of hydrogen-bond donors (Lipinski definition) is 2. The molecule has 2 amide bonds. The number of fused-ring (bicyclic) bond motifs is 1. The highest BCUT2D eigenvalue weighted by Crippen LogP contribution is 2.20. The molecule has 2 N–H and O–H groups in total. The van der Waals surface area contributed by atoms with Crippen molar-refractivity contribution in [2.24, 2.45) is 0 Å². The SMILES string of the molecule is C=C(CCNC(=O)c1cnc2ccccc2n1)NC(=O)COc1ccc(Cl)c(F)c1. The maximum absolute atomic E-state index is 13.3. The molecule has 0 saturated heterocycles. The van der Waals surface area contributed by atoms with Crippen LogP contribution in [0.3, 0.4) is 0 Å². The third-order valence-electron chi connectivity index (χ3n) is 3.97. The fraction of sp³-hybridized carbons (Fsp3) is 0.143. The number of hydrogen-bond acceptors (Lipinski definition) is 5. The zero-order valence-electron chi connectivity index (χ0n) is 15.8. The largest absolute Gasteiger partial charge is 0.484 e. The summed E-state index contributed by atoms with van der Waals surface area (Å²) in [6, 6.07) is 11.1. The molecule has 0 fully saturated rings. The minimum absolute atomic E-state index is 0.0307. The number of carbonyl (C=O) groups excluding carboxylic acids is 2. The van der Waals surface area contributed by atoms with Gasteiger partial charge in [0.25, 0.3) is 11.8 Å². The van der Waals surface area contributed by atoms with E-state index in [2.05, 4.69) is 27.2 Å². The normalized spacial score (nSPS) is 10.5. The van der Waals surface area contributed by atoms with E-state index in [-0.39, 0.29) is 35.5 Å². The Hall–Kier alpha value is -3.52. The average Bonchev–Trinajstić information content (AvgIpc) is 2.74. The molecule has 0 saturated carbocycles. The number of benzene rings is 2. The number of nitrogens with one attached hydrogen (secondary N) is 2. The van der Waals surface area contributed by atoms with Gasteiger partial charge in [0.05, 0.1) is 22.3 Å². The molecule has 9 heteroatoms. The van der Waals surface area contributed by atoms with Crippen molar-refractivity contribution in [1.82, 2.24) is 20.6 Å². The number of rotatable bonds is 8. The molecule has 154 valence electrons.